The van der Waals surface area contributed by atoms with Crippen molar-refractivity contribution in [3.8, 4) is 11.5 Å². The summed E-state index contributed by atoms with van der Waals surface area (Å²) in [5.74, 6) is -0.382. The molecular formula is C16H12ClFN2O. The van der Waals surface area contributed by atoms with E-state index in [1.165, 1.54) is 6.07 Å². The Kier molecular flexibility index (Phi) is 3.31. The first kappa shape index (κ1) is 13.5. The zero-order valence-corrected chi connectivity index (χ0v) is 11.7. The zero-order valence-electron chi connectivity index (χ0n) is 10.9. The van der Waals surface area contributed by atoms with Crippen molar-refractivity contribution in [1.29, 1.82) is 0 Å². The van der Waals surface area contributed by atoms with Gasteiger partial charge in [-0.15, -0.1) is 0 Å². The van der Waals surface area contributed by atoms with E-state index in [1.807, 2.05) is 36.4 Å². The van der Waals surface area contributed by atoms with Gasteiger partial charge in [0.2, 0.25) is 0 Å². The second kappa shape index (κ2) is 5.14. The van der Waals surface area contributed by atoms with Crippen molar-refractivity contribution in [2.24, 2.45) is 0 Å². The molecular weight excluding hydrogens is 291 g/mol. The lowest BCUT2D eigenvalue weighted by atomic mass is 10.1. The lowest BCUT2D eigenvalue weighted by Crippen LogP contribution is -2.00. The number of nitrogen functional groups attached to an aromatic ring is 2. The summed E-state index contributed by atoms with van der Waals surface area (Å²) < 4.78 is 19.8. The first-order valence-electron chi connectivity index (χ1n) is 6.26. The number of rotatable bonds is 2. The van der Waals surface area contributed by atoms with Crippen molar-refractivity contribution < 1.29 is 9.13 Å². The van der Waals surface area contributed by atoms with Crippen LogP contribution in [0, 0.1) is 5.82 Å². The molecule has 5 heteroatoms. The van der Waals surface area contributed by atoms with Crippen LogP contribution in [-0.4, -0.2) is 0 Å². The van der Waals surface area contributed by atoms with Crippen LogP contribution in [0.25, 0.3) is 10.8 Å². The van der Waals surface area contributed by atoms with E-state index >= 15 is 0 Å². The number of halogens is 2. The molecule has 0 atom stereocenters. The molecule has 0 aliphatic heterocycles. The second-order valence-corrected chi connectivity index (χ2v) is 4.97. The summed E-state index contributed by atoms with van der Waals surface area (Å²) in [6.45, 7) is 0. The molecule has 0 aliphatic rings. The SMILES string of the molecule is Nc1cc(N)c(Oc2cccc3ccccc23)c(F)c1Cl. The monoisotopic (exact) mass is 302 g/mol. The van der Waals surface area contributed by atoms with E-state index in [2.05, 4.69) is 0 Å². The van der Waals surface area contributed by atoms with Gasteiger partial charge in [-0.1, -0.05) is 48.0 Å². The van der Waals surface area contributed by atoms with Gasteiger partial charge in [-0.25, -0.2) is 4.39 Å². The minimum Gasteiger partial charge on any atom is -0.451 e. The first-order valence-corrected chi connectivity index (χ1v) is 6.64. The van der Waals surface area contributed by atoms with Gasteiger partial charge in [-0.05, 0) is 17.5 Å². The molecule has 3 rings (SSSR count). The summed E-state index contributed by atoms with van der Waals surface area (Å²) in [6.07, 6.45) is 0. The van der Waals surface area contributed by atoms with Crippen LogP contribution in [-0.2, 0) is 0 Å². The van der Waals surface area contributed by atoms with Crippen LogP contribution in [0.5, 0.6) is 11.5 Å². The summed E-state index contributed by atoms with van der Waals surface area (Å²) >= 11 is 5.80. The standard InChI is InChI=1S/C16H12ClFN2O/c17-14-11(19)8-12(20)16(15(14)18)21-13-7-3-5-9-4-1-2-6-10(9)13/h1-8H,19-20H2. The smallest absolute Gasteiger partial charge is 0.188 e. The zero-order chi connectivity index (χ0) is 15.0. The fourth-order valence-electron chi connectivity index (χ4n) is 2.15. The topological polar surface area (TPSA) is 61.3 Å². The first-order chi connectivity index (χ1) is 10.1. The molecule has 106 valence electrons. The van der Waals surface area contributed by atoms with Crippen LogP contribution in [0.1, 0.15) is 0 Å². The number of benzene rings is 3. The van der Waals surface area contributed by atoms with Gasteiger partial charge >= 0.3 is 0 Å². The number of fused-ring (bicyclic) bond motifs is 1. The minimum atomic E-state index is -0.762. The summed E-state index contributed by atoms with van der Waals surface area (Å²) in [5.41, 5.74) is 11.5. The van der Waals surface area contributed by atoms with E-state index in [0.29, 0.717) is 5.75 Å². The molecule has 0 aliphatic carbocycles. The van der Waals surface area contributed by atoms with Crippen molar-refractivity contribution >= 4 is 33.7 Å². The molecule has 0 saturated heterocycles. The maximum atomic E-state index is 14.2. The number of anilines is 2. The van der Waals surface area contributed by atoms with Crippen LogP contribution in [0.4, 0.5) is 15.8 Å². The van der Waals surface area contributed by atoms with Crippen LogP contribution in [0.3, 0.4) is 0 Å². The van der Waals surface area contributed by atoms with E-state index in [4.69, 9.17) is 27.8 Å². The Morgan fingerprint density at radius 2 is 1.67 bits per heavy atom. The van der Waals surface area contributed by atoms with Crippen LogP contribution in [0.15, 0.2) is 48.5 Å². The van der Waals surface area contributed by atoms with Gasteiger partial charge in [0.15, 0.2) is 11.6 Å². The maximum Gasteiger partial charge on any atom is 0.188 e. The highest BCUT2D eigenvalue weighted by Crippen LogP contribution is 2.39. The number of hydrogen-bond donors (Lipinski definition) is 2. The third-order valence-electron chi connectivity index (χ3n) is 3.18. The molecule has 0 bridgehead atoms. The van der Waals surface area contributed by atoms with Gasteiger partial charge in [-0.2, -0.15) is 0 Å². The minimum absolute atomic E-state index is 0.0805. The Bertz CT molecular complexity index is 831. The molecule has 3 nitrogen and oxygen atoms in total. The van der Waals surface area contributed by atoms with E-state index in [1.54, 1.807) is 6.07 Å². The Hall–Kier alpha value is -2.46. The molecule has 0 aromatic heterocycles. The maximum absolute atomic E-state index is 14.2. The van der Waals surface area contributed by atoms with E-state index in [-0.39, 0.29) is 22.1 Å². The van der Waals surface area contributed by atoms with Crippen molar-refractivity contribution in [2.75, 3.05) is 11.5 Å². The lowest BCUT2D eigenvalue weighted by Gasteiger charge is -2.13. The Balaban J connectivity index is 2.14. The van der Waals surface area contributed by atoms with Crippen molar-refractivity contribution in [1.82, 2.24) is 0 Å². The molecule has 0 unspecified atom stereocenters. The highest BCUT2D eigenvalue weighted by atomic mass is 35.5. The van der Waals surface area contributed by atoms with Crippen molar-refractivity contribution in [3.05, 3.63) is 59.4 Å². The third-order valence-corrected chi connectivity index (χ3v) is 3.56. The van der Waals surface area contributed by atoms with Gasteiger partial charge in [0, 0.05) is 5.39 Å². The second-order valence-electron chi connectivity index (χ2n) is 4.59. The molecule has 21 heavy (non-hydrogen) atoms. The highest BCUT2D eigenvalue weighted by Gasteiger charge is 2.17. The van der Waals surface area contributed by atoms with Crippen molar-refractivity contribution in [2.45, 2.75) is 0 Å². The molecule has 0 amide bonds. The summed E-state index contributed by atoms with van der Waals surface area (Å²) in [5, 5.41) is 1.64. The molecule has 0 fully saturated rings. The Labute approximate surface area is 125 Å². The summed E-state index contributed by atoms with van der Waals surface area (Å²) in [7, 11) is 0. The Morgan fingerprint density at radius 3 is 2.48 bits per heavy atom. The lowest BCUT2D eigenvalue weighted by molar-refractivity contribution is 0.449. The van der Waals surface area contributed by atoms with Gasteiger partial charge in [-0.3, -0.25) is 0 Å². The van der Waals surface area contributed by atoms with E-state index in [0.717, 1.165) is 10.8 Å². The molecule has 0 heterocycles. The fourth-order valence-corrected chi connectivity index (χ4v) is 2.29. The van der Waals surface area contributed by atoms with Crippen LogP contribution >= 0.6 is 11.6 Å². The highest BCUT2D eigenvalue weighted by molar-refractivity contribution is 6.33. The average Bonchev–Trinajstić information content (AvgIpc) is 2.49. The molecule has 0 saturated carbocycles. The number of nitrogens with two attached hydrogens (primary N) is 2. The predicted molar refractivity (Wildman–Crippen MR) is 84.3 cm³/mol. The van der Waals surface area contributed by atoms with Crippen molar-refractivity contribution in [3.63, 3.8) is 0 Å². The van der Waals surface area contributed by atoms with Gasteiger partial charge in [0.1, 0.15) is 10.8 Å². The van der Waals surface area contributed by atoms with E-state index in [9.17, 15) is 4.39 Å². The molecule has 3 aromatic rings. The van der Waals surface area contributed by atoms with E-state index < -0.39 is 5.82 Å². The molecule has 0 spiro atoms. The van der Waals surface area contributed by atoms with Gasteiger partial charge in [0.25, 0.3) is 0 Å². The number of ether oxygens (including phenoxy) is 1. The predicted octanol–water partition coefficient (Wildman–Crippen LogP) is 4.59. The number of hydrogen-bond acceptors (Lipinski definition) is 3. The third kappa shape index (κ3) is 2.34. The molecule has 0 radical (unpaired) electrons. The van der Waals surface area contributed by atoms with Gasteiger partial charge < -0.3 is 16.2 Å². The van der Waals surface area contributed by atoms with Crippen LogP contribution < -0.4 is 16.2 Å². The van der Waals surface area contributed by atoms with Crippen LogP contribution in [0.2, 0.25) is 5.02 Å². The fraction of sp³-hybridized carbons (Fsp3) is 0. The molecule has 3 aromatic carbocycles. The summed E-state index contributed by atoms with van der Waals surface area (Å²) in [6, 6.07) is 14.5. The Morgan fingerprint density at radius 1 is 0.952 bits per heavy atom. The van der Waals surface area contributed by atoms with Gasteiger partial charge in [0.05, 0.1) is 11.4 Å². The largest absolute Gasteiger partial charge is 0.451 e. The quantitative estimate of drug-likeness (QED) is 0.681. The normalized spacial score (nSPS) is 10.8. The summed E-state index contributed by atoms with van der Waals surface area (Å²) in [4.78, 5) is 0. The average molecular weight is 303 g/mol. The molecule has 4 N–H and O–H groups in total.